The van der Waals surface area contributed by atoms with Crippen molar-refractivity contribution in [3.8, 4) is 5.75 Å². The average molecular weight is 344 g/mol. The second-order valence-corrected chi connectivity index (χ2v) is 6.28. The molecule has 2 rings (SSSR count). The number of nitrogens with one attached hydrogen (secondary N) is 1. The molecule has 0 atom stereocenters. The van der Waals surface area contributed by atoms with E-state index in [0.29, 0.717) is 5.69 Å². The van der Waals surface area contributed by atoms with Gasteiger partial charge in [0.1, 0.15) is 5.75 Å². The van der Waals surface area contributed by atoms with Crippen LogP contribution in [0.15, 0.2) is 47.4 Å². The van der Waals surface area contributed by atoms with Crippen LogP contribution in [-0.4, -0.2) is 41.7 Å². The highest BCUT2D eigenvalue weighted by Crippen LogP contribution is 2.24. The first-order valence-electron chi connectivity index (χ1n) is 7.40. The fraction of sp³-hybridized carbons (Fsp3) is 0.222. The SMILES string of the molecule is CSc1ccccc1NC(=O)CN(C)C(=O)c1ccc(C)cc1O. The van der Waals surface area contributed by atoms with Crippen LogP contribution in [0.25, 0.3) is 0 Å². The lowest BCUT2D eigenvalue weighted by Gasteiger charge is -2.18. The number of hydrogen-bond donors (Lipinski definition) is 2. The van der Waals surface area contributed by atoms with E-state index >= 15 is 0 Å². The first-order valence-corrected chi connectivity index (χ1v) is 8.62. The molecule has 0 unspecified atom stereocenters. The molecule has 2 aromatic carbocycles. The van der Waals surface area contributed by atoms with Crippen LogP contribution in [0.5, 0.6) is 5.75 Å². The van der Waals surface area contributed by atoms with Crippen LogP contribution in [0.2, 0.25) is 0 Å². The number of aryl methyl sites for hydroxylation is 1. The van der Waals surface area contributed by atoms with E-state index in [1.54, 1.807) is 12.1 Å². The summed E-state index contributed by atoms with van der Waals surface area (Å²) in [5.41, 5.74) is 1.76. The highest BCUT2D eigenvalue weighted by molar-refractivity contribution is 7.98. The van der Waals surface area contributed by atoms with E-state index in [0.717, 1.165) is 10.5 Å². The molecule has 0 radical (unpaired) electrons. The van der Waals surface area contributed by atoms with Crippen molar-refractivity contribution in [3.63, 3.8) is 0 Å². The van der Waals surface area contributed by atoms with Crippen LogP contribution in [0, 0.1) is 6.92 Å². The Hall–Kier alpha value is -2.47. The minimum Gasteiger partial charge on any atom is -0.507 e. The summed E-state index contributed by atoms with van der Waals surface area (Å²) in [4.78, 5) is 26.8. The number of para-hydroxylation sites is 1. The van der Waals surface area contributed by atoms with Crippen LogP contribution in [0.4, 0.5) is 5.69 Å². The van der Waals surface area contributed by atoms with E-state index in [1.807, 2.05) is 37.4 Å². The van der Waals surface area contributed by atoms with Gasteiger partial charge in [0.2, 0.25) is 5.91 Å². The zero-order valence-corrected chi connectivity index (χ0v) is 14.7. The Morgan fingerprint density at radius 3 is 2.58 bits per heavy atom. The standard InChI is InChI=1S/C18H20N2O3S/c1-12-8-9-13(15(21)10-12)18(23)20(2)11-17(22)19-14-6-4-5-7-16(14)24-3/h4-10,21H,11H2,1-3H3,(H,19,22). The minimum absolute atomic E-state index is 0.0833. The number of anilines is 1. The number of benzene rings is 2. The molecule has 0 aromatic heterocycles. The van der Waals surface area contributed by atoms with Gasteiger partial charge in [-0.2, -0.15) is 0 Å². The summed E-state index contributed by atoms with van der Waals surface area (Å²) < 4.78 is 0. The molecular formula is C18H20N2O3S. The van der Waals surface area contributed by atoms with Crippen molar-refractivity contribution >= 4 is 29.3 Å². The van der Waals surface area contributed by atoms with E-state index in [4.69, 9.17) is 0 Å². The lowest BCUT2D eigenvalue weighted by Crippen LogP contribution is -2.35. The van der Waals surface area contributed by atoms with Crippen LogP contribution in [0.3, 0.4) is 0 Å². The van der Waals surface area contributed by atoms with Crippen molar-refractivity contribution < 1.29 is 14.7 Å². The van der Waals surface area contributed by atoms with Crippen molar-refractivity contribution in [2.75, 3.05) is 25.2 Å². The Bertz CT molecular complexity index is 762. The topological polar surface area (TPSA) is 69.6 Å². The molecule has 0 aliphatic heterocycles. The second kappa shape index (κ2) is 7.88. The molecule has 2 amide bonds. The van der Waals surface area contributed by atoms with Gasteiger partial charge in [-0.05, 0) is 43.0 Å². The van der Waals surface area contributed by atoms with Gasteiger partial charge in [-0.25, -0.2) is 0 Å². The number of likely N-dealkylation sites (N-methyl/N-ethyl adjacent to an activating group) is 1. The second-order valence-electron chi connectivity index (χ2n) is 5.43. The molecular weight excluding hydrogens is 324 g/mol. The van der Waals surface area contributed by atoms with Gasteiger partial charge < -0.3 is 15.3 Å². The van der Waals surface area contributed by atoms with Crippen LogP contribution in [0.1, 0.15) is 15.9 Å². The van der Waals surface area contributed by atoms with E-state index in [2.05, 4.69) is 5.32 Å². The van der Waals surface area contributed by atoms with Gasteiger partial charge in [0, 0.05) is 11.9 Å². The fourth-order valence-corrected chi connectivity index (χ4v) is 2.81. The normalized spacial score (nSPS) is 10.3. The molecule has 2 aromatic rings. The fourth-order valence-electron chi connectivity index (χ4n) is 2.25. The molecule has 0 heterocycles. The van der Waals surface area contributed by atoms with Crippen molar-refractivity contribution in [2.24, 2.45) is 0 Å². The number of phenols is 1. The predicted octanol–water partition coefficient (Wildman–Crippen LogP) is 3.13. The number of rotatable bonds is 5. The number of nitrogens with zero attached hydrogens (tertiary/aromatic N) is 1. The van der Waals surface area contributed by atoms with E-state index in [1.165, 1.54) is 29.8 Å². The number of hydrogen-bond acceptors (Lipinski definition) is 4. The van der Waals surface area contributed by atoms with Crippen LogP contribution < -0.4 is 5.32 Å². The molecule has 0 aliphatic carbocycles. The van der Waals surface area contributed by atoms with E-state index in [-0.39, 0.29) is 23.8 Å². The number of amides is 2. The maximum atomic E-state index is 12.4. The molecule has 5 nitrogen and oxygen atoms in total. The summed E-state index contributed by atoms with van der Waals surface area (Å²) in [6, 6.07) is 12.3. The Morgan fingerprint density at radius 2 is 1.92 bits per heavy atom. The molecule has 0 bridgehead atoms. The summed E-state index contributed by atoms with van der Waals surface area (Å²) in [5.74, 6) is -0.778. The number of phenolic OH excluding ortho intramolecular Hbond substituents is 1. The van der Waals surface area contributed by atoms with E-state index in [9.17, 15) is 14.7 Å². The lowest BCUT2D eigenvalue weighted by atomic mass is 10.1. The molecule has 0 aliphatic rings. The Labute approximate surface area is 145 Å². The lowest BCUT2D eigenvalue weighted by molar-refractivity contribution is -0.116. The largest absolute Gasteiger partial charge is 0.507 e. The first kappa shape index (κ1) is 17.9. The van der Waals surface area contributed by atoms with Gasteiger partial charge in [-0.1, -0.05) is 18.2 Å². The summed E-state index contributed by atoms with van der Waals surface area (Å²) in [6.45, 7) is 1.73. The number of thioether (sulfide) groups is 1. The molecule has 0 spiro atoms. The summed E-state index contributed by atoms with van der Waals surface area (Å²) in [7, 11) is 1.53. The zero-order valence-electron chi connectivity index (χ0n) is 13.9. The maximum Gasteiger partial charge on any atom is 0.257 e. The average Bonchev–Trinajstić information content (AvgIpc) is 2.54. The summed E-state index contributed by atoms with van der Waals surface area (Å²) >= 11 is 1.53. The Kier molecular flexibility index (Phi) is 5.87. The number of carbonyl (C=O) groups excluding carboxylic acids is 2. The summed E-state index contributed by atoms with van der Waals surface area (Å²) in [6.07, 6.45) is 1.93. The molecule has 126 valence electrons. The van der Waals surface area contributed by atoms with Gasteiger partial charge in [0.05, 0.1) is 17.8 Å². The third kappa shape index (κ3) is 4.29. The van der Waals surface area contributed by atoms with Gasteiger partial charge in [-0.15, -0.1) is 11.8 Å². The zero-order chi connectivity index (χ0) is 17.7. The predicted molar refractivity (Wildman–Crippen MR) is 96.7 cm³/mol. The van der Waals surface area contributed by atoms with E-state index < -0.39 is 5.91 Å². The molecule has 0 saturated carbocycles. The monoisotopic (exact) mass is 344 g/mol. The van der Waals surface area contributed by atoms with Crippen LogP contribution >= 0.6 is 11.8 Å². The number of carbonyl (C=O) groups is 2. The minimum atomic E-state index is -0.402. The van der Waals surface area contributed by atoms with Crippen LogP contribution in [-0.2, 0) is 4.79 Å². The molecule has 6 heteroatoms. The van der Waals surface area contributed by atoms with Crippen molar-refractivity contribution in [1.29, 1.82) is 0 Å². The molecule has 0 fully saturated rings. The van der Waals surface area contributed by atoms with Crippen molar-refractivity contribution in [3.05, 3.63) is 53.6 Å². The van der Waals surface area contributed by atoms with Crippen molar-refractivity contribution in [1.82, 2.24) is 4.90 Å². The highest BCUT2D eigenvalue weighted by Gasteiger charge is 2.18. The van der Waals surface area contributed by atoms with Gasteiger partial charge in [0.15, 0.2) is 0 Å². The van der Waals surface area contributed by atoms with Crippen molar-refractivity contribution in [2.45, 2.75) is 11.8 Å². The maximum absolute atomic E-state index is 12.4. The Morgan fingerprint density at radius 1 is 1.21 bits per heavy atom. The quantitative estimate of drug-likeness (QED) is 0.818. The highest BCUT2D eigenvalue weighted by atomic mass is 32.2. The van der Waals surface area contributed by atoms with Gasteiger partial charge in [0.25, 0.3) is 5.91 Å². The third-order valence-corrected chi connectivity index (χ3v) is 4.29. The molecule has 24 heavy (non-hydrogen) atoms. The third-order valence-electron chi connectivity index (χ3n) is 3.49. The van der Waals surface area contributed by atoms with Gasteiger partial charge in [-0.3, -0.25) is 9.59 Å². The molecule has 2 N–H and O–H groups in total. The first-order chi connectivity index (χ1) is 11.4. The van der Waals surface area contributed by atoms with Gasteiger partial charge >= 0.3 is 0 Å². The summed E-state index contributed by atoms with van der Waals surface area (Å²) in [5, 5.41) is 12.7. The smallest absolute Gasteiger partial charge is 0.257 e. The Balaban J connectivity index is 2.04. The molecule has 0 saturated heterocycles. The number of aromatic hydroxyl groups is 1.